The molecule has 0 aliphatic carbocycles. The van der Waals surface area contributed by atoms with Crippen LogP contribution in [-0.4, -0.2) is 46.2 Å². The van der Waals surface area contributed by atoms with Crippen LogP contribution >= 0.6 is 0 Å². The fourth-order valence-electron chi connectivity index (χ4n) is 4.65. The molecule has 190 valence electrons. The highest BCUT2D eigenvalue weighted by atomic mass is 16.3. The van der Waals surface area contributed by atoms with Gasteiger partial charge in [-0.15, -0.1) is 0 Å². The van der Waals surface area contributed by atoms with Crippen LogP contribution in [0.1, 0.15) is 88.8 Å². The van der Waals surface area contributed by atoms with Crippen LogP contribution in [0.25, 0.3) is 0 Å². The summed E-state index contributed by atoms with van der Waals surface area (Å²) in [5.74, 6) is 0.829. The maximum atomic E-state index is 11.0. The number of hydrogen-bond donors (Lipinski definition) is 2. The fraction of sp³-hybridized carbons (Fsp3) is 0.600. The molecule has 2 aromatic rings. The number of likely N-dealkylation sites (N-methyl/N-ethyl adjacent to an activating group) is 2. The molecule has 2 rings (SSSR count). The van der Waals surface area contributed by atoms with Crippen molar-refractivity contribution in [3.63, 3.8) is 0 Å². The average molecular weight is 469 g/mol. The van der Waals surface area contributed by atoms with E-state index < -0.39 is 0 Å². The minimum atomic E-state index is -0.107. The largest absolute Gasteiger partial charge is 0.507 e. The first kappa shape index (κ1) is 28.2. The van der Waals surface area contributed by atoms with E-state index in [1.54, 1.807) is 0 Å². The van der Waals surface area contributed by atoms with Gasteiger partial charge < -0.3 is 10.2 Å². The van der Waals surface area contributed by atoms with E-state index in [1.807, 2.05) is 0 Å². The number of benzene rings is 2. The summed E-state index contributed by atoms with van der Waals surface area (Å²) in [6.45, 7) is 22.9. The zero-order chi connectivity index (χ0) is 26.2. The number of phenols is 2. The Balaban J connectivity index is 2.21. The Morgan fingerprint density at radius 3 is 1.21 bits per heavy atom. The molecule has 0 saturated heterocycles. The third-order valence-electron chi connectivity index (χ3n) is 7.21. The van der Waals surface area contributed by atoms with E-state index >= 15 is 0 Å². The monoisotopic (exact) mass is 468 g/mol. The Kier molecular flexibility index (Phi) is 8.54. The summed E-state index contributed by atoms with van der Waals surface area (Å²) in [6, 6.07) is 8.88. The minimum Gasteiger partial charge on any atom is -0.507 e. The fourth-order valence-corrected chi connectivity index (χ4v) is 4.65. The number of rotatable bonds is 7. The number of phenolic OH excluding ortho intramolecular Hbond substituents is 2. The summed E-state index contributed by atoms with van der Waals surface area (Å²) < 4.78 is 0. The van der Waals surface area contributed by atoms with E-state index in [9.17, 15) is 10.2 Å². The lowest BCUT2D eigenvalue weighted by atomic mass is 9.84. The van der Waals surface area contributed by atoms with Gasteiger partial charge >= 0.3 is 0 Å². The molecule has 0 aliphatic heterocycles. The van der Waals surface area contributed by atoms with Crippen molar-refractivity contribution in [3.05, 3.63) is 57.6 Å². The smallest absolute Gasteiger partial charge is 0.123 e. The third kappa shape index (κ3) is 6.55. The molecule has 34 heavy (non-hydrogen) atoms. The maximum Gasteiger partial charge on any atom is 0.123 e. The first-order valence-electron chi connectivity index (χ1n) is 12.5. The van der Waals surface area contributed by atoms with E-state index in [0.717, 1.165) is 22.3 Å². The quantitative estimate of drug-likeness (QED) is 0.477. The molecule has 0 amide bonds. The molecule has 0 saturated carbocycles. The number of nitrogens with zero attached hydrogens (tertiary/aromatic N) is 2. The summed E-state index contributed by atoms with van der Waals surface area (Å²) in [5, 5.41) is 22.0. The van der Waals surface area contributed by atoms with Crippen molar-refractivity contribution in [3.8, 4) is 11.5 Å². The van der Waals surface area contributed by atoms with Crippen LogP contribution in [0, 0.1) is 13.8 Å². The second-order valence-corrected chi connectivity index (χ2v) is 12.5. The molecule has 0 aliphatic rings. The SMILES string of the molecule is Cc1cc(CN(C)[C@H](C)[C@@H](C)N(C)Cc2cc(C)cc(C(C)(C)C)c2O)c(O)c(C(C)(C)C)c1. The molecular formula is C30H48N2O2. The van der Waals surface area contributed by atoms with Gasteiger partial charge in [0.15, 0.2) is 0 Å². The van der Waals surface area contributed by atoms with Gasteiger partial charge in [-0.25, -0.2) is 0 Å². The molecule has 2 aromatic carbocycles. The van der Waals surface area contributed by atoms with Crippen molar-refractivity contribution in [1.29, 1.82) is 0 Å². The highest BCUT2D eigenvalue weighted by Crippen LogP contribution is 2.36. The zero-order valence-electron chi connectivity index (χ0n) is 23.7. The second-order valence-electron chi connectivity index (χ2n) is 12.5. The molecule has 0 unspecified atom stereocenters. The van der Waals surface area contributed by atoms with Crippen LogP contribution in [0.4, 0.5) is 0 Å². The summed E-state index contributed by atoms with van der Waals surface area (Å²) in [7, 11) is 4.24. The highest BCUT2D eigenvalue weighted by Gasteiger charge is 2.26. The van der Waals surface area contributed by atoms with Crippen molar-refractivity contribution < 1.29 is 10.2 Å². The third-order valence-corrected chi connectivity index (χ3v) is 7.21. The molecule has 2 N–H and O–H groups in total. The van der Waals surface area contributed by atoms with E-state index in [0.29, 0.717) is 24.6 Å². The molecule has 2 atom stereocenters. The molecule has 0 radical (unpaired) electrons. The topological polar surface area (TPSA) is 46.9 Å². The molecular weight excluding hydrogens is 420 g/mol. The first-order chi connectivity index (χ1) is 15.4. The van der Waals surface area contributed by atoms with Crippen molar-refractivity contribution >= 4 is 0 Å². The number of aromatic hydroxyl groups is 2. The van der Waals surface area contributed by atoms with Crippen LogP contribution in [0.5, 0.6) is 11.5 Å². The van der Waals surface area contributed by atoms with Crippen LogP contribution in [0.15, 0.2) is 24.3 Å². The summed E-state index contributed by atoms with van der Waals surface area (Å²) >= 11 is 0. The van der Waals surface area contributed by atoms with Crippen LogP contribution in [-0.2, 0) is 23.9 Å². The molecule has 0 aromatic heterocycles. The molecule has 4 nitrogen and oxygen atoms in total. The Hall–Kier alpha value is -2.04. The Morgan fingerprint density at radius 2 is 0.941 bits per heavy atom. The lowest BCUT2D eigenvalue weighted by Crippen LogP contribution is -2.45. The van der Waals surface area contributed by atoms with Gasteiger partial charge in [0.05, 0.1) is 0 Å². The van der Waals surface area contributed by atoms with Crippen LogP contribution < -0.4 is 0 Å². The van der Waals surface area contributed by atoms with Gasteiger partial charge in [-0.05, 0) is 63.7 Å². The number of aryl methyl sites for hydroxylation is 2. The van der Waals surface area contributed by atoms with Gasteiger partial charge in [-0.1, -0.05) is 76.9 Å². The van der Waals surface area contributed by atoms with Gasteiger partial charge in [0.25, 0.3) is 0 Å². The Morgan fingerprint density at radius 1 is 0.647 bits per heavy atom. The zero-order valence-corrected chi connectivity index (χ0v) is 23.7. The Labute approximate surface area is 208 Å². The molecule has 0 bridgehead atoms. The van der Waals surface area contributed by atoms with Gasteiger partial charge in [0.1, 0.15) is 11.5 Å². The van der Waals surface area contributed by atoms with E-state index in [2.05, 4.69) is 117 Å². The van der Waals surface area contributed by atoms with Crippen LogP contribution in [0.3, 0.4) is 0 Å². The average Bonchev–Trinajstić information content (AvgIpc) is 2.69. The van der Waals surface area contributed by atoms with Gasteiger partial charge in [0, 0.05) is 36.3 Å². The molecule has 0 fully saturated rings. The van der Waals surface area contributed by atoms with E-state index in [1.165, 1.54) is 11.1 Å². The van der Waals surface area contributed by atoms with Gasteiger partial charge in [0.2, 0.25) is 0 Å². The maximum absolute atomic E-state index is 11.0. The predicted octanol–water partition coefficient (Wildman–Crippen LogP) is 6.65. The lowest BCUT2D eigenvalue weighted by molar-refractivity contribution is 0.123. The molecule has 0 spiro atoms. The van der Waals surface area contributed by atoms with Crippen molar-refractivity contribution in [2.75, 3.05) is 14.1 Å². The predicted molar refractivity (Wildman–Crippen MR) is 145 cm³/mol. The summed E-state index contributed by atoms with van der Waals surface area (Å²) in [5.41, 5.74) is 6.08. The van der Waals surface area contributed by atoms with Crippen molar-refractivity contribution in [2.24, 2.45) is 0 Å². The van der Waals surface area contributed by atoms with Gasteiger partial charge in [-0.3, -0.25) is 9.80 Å². The highest BCUT2D eigenvalue weighted by molar-refractivity contribution is 5.47. The second kappa shape index (κ2) is 10.3. The van der Waals surface area contributed by atoms with E-state index in [-0.39, 0.29) is 22.9 Å². The van der Waals surface area contributed by atoms with Crippen molar-refractivity contribution in [2.45, 2.75) is 105 Å². The summed E-state index contributed by atoms with van der Waals surface area (Å²) in [6.07, 6.45) is 0. The minimum absolute atomic E-state index is 0.107. The van der Waals surface area contributed by atoms with Crippen molar-refractivity contribution in [1.82, 2.24) is 9.80 Å². The molecule has 0 heterocycles. The standard InChI is InChI=1S/C30H48N2O2/c1-19-13-23(27(33)25(15-19)29(5,6)7)17-31(11)21(3)22(4)32(12)18-24-14-20(2)16-26(28(24)34)30(8,9)10/h13-16,21-22,33-34H,17-18H2,1-12H3/t21-,22-/m1/s1. The molecule has 4 heteroatoms. The van der Waals surface area contributed by atoms with Crippen LogP contribution in [0.2, 0.25) is 0 Å². The number of hydrogen-bond acceptors (Lipinski definition) is 4. The van der Waals surface area contributed by atoms with Gasteiger partial charge in [-0.2, -0.15) is 0 Å². The summed E-state index contributed by atoms with van der Waals surface area (Å²) in [4.78, 5) is 4.61. The first-order valence-corrected chi connectivity index (χ1v) is 12.5. The van der Waals surface area contributed by atoms with E-state index in [4.69, 9.17) is 0 Å². The Bertz CT molecular complexity index is 917. The lowest BCUT2D eigenvalue weighted by Gasteiger charge is -2.36. The normalized spacial score (nSPS) is 14.6.